The molecule has 0 aromatic heterocycles. The number of carbonyl (C=O) groups is 1. The normalized spacial score (nSPS) is 10.7. The molecule has 2 nitrogen and oxygen atoms in total. The number of benzene rings is 1. The molecule has 100 valence electrons. The fourth-order valence-electron chi connectivity index (χ4n) is 1.87. The highest BCUT2D eigenvalue weighted by atomic mass is 35.5. The van der Waals surface area contributed by atoms with Gasteiger partial charge in [0, 0.05) is 13.1 Å². The second kappa shape index (κ2) is 7.42. The summed E-state index contributed by atoms with van der Waals surface area (Å²) < 4.78 is 0. The Morgan fingerprint density at radius 1 is 1.28 bits per heavy atom. The van der Waals surface area contributed by atoms with Gasteiger partial charge in [-0.15, -0.1) is 11.6 Å². The number of carbonyl (C=O) groups excluding carboxylic acids is 1. The lowest BCUT2D eigenvalue weighted by atomic mass is 10.0. The minimum Gasteiger partial charge on any atom is -0.337 e. The largest absolute Gasteiger partial charge is 0.337 e. The second-order valence-corrected chi connectivity index (χ2v) is 5.11. The highest BCUT2D eigenvalue weighted by molar-refractivity contribution is 6.27. The van der Waals surface area contributed by atoms with Crippen molar-refractivity contribution >= 4 is 17.5 Å². The summed E-state index contributed by atoms with van der Waals surface area (Å²) in [7, 11) is 0. The average molecular weight is 268 g/mol. The summed E-state index contributed by atoms with van der Waals surface area (Å²) in [6.45, 7) is 7.83. The SMILES string of the molecule is CCCN(Cc1ccc(C(C)C)cc1)C(=O)CCl. The molecule has 0 saturated carbocycles. The van der Waals surface area contributed by atoms with Crippen molar-refractivity contribution in [3.8, 4) is 0 Å². The molecule has 0 aliphatic heterocycles. The third-order valence-corrected chi connectivity index (χ3v) is 3.21. The van der Waals surface area contributed by atoms with Crippen LogP contribution in [0.25, 0.3) is 0 Å². The highest BCUT2D eigenvalue weighted by Crippen LogP contribution is 2.15. The van der Waals surface area contributed by atoms with Crippen molar-refractivity contribution in [2.24, 2.45) is 0 Å². The van der Waals surface area contributed by atoms with Crippen LogP contribution in [0.2, 0.25) is 0 Å². The van der Waals surface area contributed by atoms with E-state index in [0.29, 0.717) is 12.5 Å². The lowest BCUT2D eigenvalue weighted by molar-refractivity contribution is -0.129. The molecular formula is C15H22ClNO. The number of amides is 1. The zero-order chi connectivity index (χ0) is 13.5. The molecule has 0 N–H and O–H groups in total. The fourth-order valence-corrected chi connectivity index (χ4v) is 2.04. The van der Waals surface area contributed by atoms with Gasteiger partial charge >= 0.3 is 0 Å². The van der Waals surface area contributed by atoms with Crippen molar-refractivity contribution in [3.05, 3.63) is 35.4 Å². The summed E-state index contributed by atoms with van der Waals surface area (Å²) in [5.74, 6) is 0.603. The van der Waals surface area contributed by atoms with E-state index in [1.165, 1.54) is 5.56 Å². The zero-order valence-electron chi connectivity index (χ0n) is 11.4. The summed E-state index contributed by atoms with van der Waals surface area (Å²) in [5.41, 5.74) is 2.48. The molecule has 0 aliphatic carbocycles. The van der Waals surface area contributed by atoms with Crippen molar-refractivity contribution in [1.29, 1.82) is 0 Å². The predicted molar refractivity (Wildman–Crippen MR) is 77.0 cm³/mol. The van der Waals surface area contributed by atoms with Crippen molar-refractivity contribution < 1.29 is 4.79 Å². The Hall–Kier alpha value is -1.02. The van der Waals surface area contributed by atoms with Crippen LogP contribution in [0.4, 0.5) is 0 Å². The van der Waals surface area contributed by atoms with Gasteiger partial charge in [0.15, 0.2) is 0 Å². The lowest BCUT2D eigenvalue weighted by Crippen LogP contribution is -2.32. The van der Waals surface area contributed by atoms with Crippen LogP contribution < -0.4 is 0 Å². The molecule has 0 aliphatic rings. The van der Waals surface area contributed by atoms with Crippen molar-refractivity contribution in [3.63, 3.8) is 0 Å². The molecule has 0 heterocycles. The fraction of sp³-hybridized carbons (Fsp3) is 0.533. The molecule has 1 aromatic carbocycles. The van der Waals surface area contributed by atoms with E-state index in [2.05, 4.69) is 45.0 Å². The Morgan fingerprint density at radius 2 is 1.89 bits per heavy atom. The molecule has 1 aromatic rings. The van der Waals surface area contributed by atoms with E-state index in [1.807, 2.05) is 4.90 Å². The van der Waals surface area contributed by atoms with Crippen LogP contribution in [0.3, 0.4) is 0 Å². The van der Waals surface area contributed by atoms with E-state index < -0.39 is 0 Å². The first-order chi connectivity index (χ1) is 8.58. The van der Waals surface area contributed by atoms with Gasteiger partial charge in [-0.1, -0.05) is 45.0 Å². The zero-order valence-corrected chi connectivity index (χ0v) is 12.2. The summed E-state index contributed by atoms with van der Waals surface area (Å²) in [5, 5.41) is 0. The van der Waals surface area contributed by atoms with E-state index in [0.717, 1.165) is 18.5 Å². The highest BCUT2D eigenvalue weighted by Gasteiger charge is 2.11. The Labute approximate surface area is 115 Å². The predicted octanol–water partition coefficient (Wildman–Crippen LogP) is 3.79. The van der Waals surface area contributed by atoms with Crippen LogP contribution in [0, 0.1) is 0 Å². The number of nitrogens with zero attached hydrogens (tertiary/aromatic N) is 1. The first kappa shape index (κ1) is 15.0. The van der Waals surface area contributed by atoms with Crippen LogP contribution in [0.5, 0.6) is 0 Å². The summed E-state index contributed by atoms with van der Waals surface area (Å²) in [6.07, 6.45) is 0.951. The van der Waals surface area contributed by atoms with Crippen molar-refractivity contribution in [2.45, 2.75) is 39.7 Å². The molecule has 1 amide bonds. The molecular weight excluding hydrogens is 246 g/mol. The van der Waals surface area contributed by atoms with Gasteiger partial charge in [-0.25, -0.2) is 0 Å². The lowest BCUT2D eigenvalue weighted by Gasteiger charge is -2.21. The van der Waals surface area contributed by atoms with Crippen LogP contribution in [0.1, 0.15) is 44.2 Å². The maximum Gasteiger partial charge on any atom is 0.237 e. The Morgan fingerprint density at radius 3 is 2.33 bits per heavy atom. The number of alkyl halides is 1. The maximum atomic E-state index is 11.7. The van der Waals surface area contributed by atoms with Crippen molar-refractivity contribution in [2.75, 3.05) is 12.4 Å². The van der Waals surface area contributed by atoms with Gasteiger partial charge in [0.2, 0.25) is 5.91 Å². The standard InChI is InChI=1S/C15H22ClNO/c1-4-9-17(15(18)10-16)11-13-5-7-14(8-6-13)12(2)3/h5-8,12H,4,9-11H2,1-3H3. The first-order valence-corrected chi connectivity index (χ1v) is 7.04. The van der Waals surface area contributed by atoms with Gasteiger partial charge in [-0.2, -0.15) is 0 Å². The molecule has 0 unspecified atom stereocenters. The number of rotatable bonds is 6. The summed E-state index contributed by atoms with van der Waals surface area (Å²) in [6, 6.07) is 8.46. The van der Waals surface area contributed by atoms with Crippen LogP contribution in [0.15, 0.2) is 24.3 Å². The van der Waals surface area contributed by atoms with Gasteiger partial charge < -0.3 is 4.90 Å². The Balaban J connectivity index is 2.71. The third kappa shape index (κ3) is 4.34. The van der Waals surface area contributed by atoms with Gasteiger partial charge in [0.05, 0.1) is 0 Å². The molecule has 0 spiro atoms. The van der Waals surface area contributed by atoms with Gasteiger partial charge in [-0.05, 0) is 23.5 Å². The van der Waals surface area contributed by atoms with Gasteiger partial charge in [0.25, 0.3) is 0 Å². The number of hydrogen-bond donors (Lipinski definition) is 0. The van der Waals surface area contributed by atoms with Crippen LogP contribution >= 0.6 is 11.6 Å². The monoisotopic (exact) mass is 267 g/mol. The van der Waals surface area contributed by atoms with E-state index >= 15 is 0 Å². The van der Waals surface area contributed by atoms with Crippen LogP contribution in [-0.2, 0) is 11.3 Å². The van der Waals surface area contributed by atoms with E-state index in [4.69, 9.17) is 11.6 Å². The average Bonchev–Trinajstić information content (AvgIpc) is 2.38. The van der Waals surface area contributed by atoms with E-state index in [-0.39, 0.29) is 11.8 Å². The Bertz CT molecular complexity index is 373. The summed E-state index contributed by atoms with van der Waals surface area (Å²) >= 11 is 5.62. The molecule has 0 atom stereocenters. The first-order valence-electron chi connectivity index (χ1n) is 6.51. The van der Waals surface area contributed by atoms with E-state index in [1.54, 1.807) is 0 Å². The smallest absolute Gasteiger partial charge is 0.237 e. The minimum absolute atomic E-state index is 0.00597. The third-order valence-electron chi connectivity index (χ3n) is 2.98. The topological polar surface area (TPSA) is 20.3 Å². The van der Waals surface area contributed by atoms with E-state index in [9.17, 15) is 4.79 Å². The molecule has 18 heavy (non-hydrogen) atoms. The van der Waals surface area contributed by atoms with Crippen molar-refractivity contribution in [1.82, 2.24) is 4.90 Å². The quantitative estimate of drug-likeness (QED) is 0.718. The molecule has 1 rings (SSSR count). The molecule has 0 radical (unpaired) electrons. The minimum atomic E-state index is 0.00597. The summed E-state index contributed by atoms with van der Waals surface area (Å²) in [4.78, 5) is 13.5. The van der Waals surface area contributed by atoms with Gasteiger partial charge in [0.1, 0.15) is 5.88 Å². The number of halogens is 1. The molecule has 0 saturated heterocycles. The Kier molecular flexibility index (Phi) is 6.20. The maximum absolute atomic E-state index is 11.7. The number of hydrogen-bond acceptors (Lipinski definition) is 1. The molecule has 3 heteroatoms. The van der Waals surface area contributed by atoms with Crippen LogP contribution in [-0.4, -0.2) is 23.2 Å². The van der Waals surface area contributed by atoms with Gasteiger partial charge in [-0.3, -0.25) is 4.79 Å². The second-order valence-electron chi connectivity index (χ2n) is 4.85. The molecule has 0 fully saturated rings. The molecule has 0 bridgehead atoms.